The van der Waals surface area contributed by atoms with Gasteiger partial charge in [0.25, 0.3) is 11.8 Å². The zero-order valence-corrected chi connectivity index (χ0v) is 16.0. The van der Waals surface area contributed by atoms with Crippen molar-refractivity contribution in [3.8, 4) is 0 Å². The molecular weight excluding hydrogens is 350 g/mol. The minimum atomic E-state index is -0.266. The third kappa shape index (κ3) is 4.82. The van der Waals surface area contributed by atoms with Crippen LogP contribution in [0, 0.1) is 6.92 Å². The van der Waals surface area contributed by atoms with Gasteiger partial charge in [0.15, 0.2) is 0 Å². The summed E-state index contributed by atoms with van der Waals surface area (Å²) in [4.78, 5) is 29.1. The van der Waals surface area contributed by atoms with Crippen molar-refractivity contribution in [3.05, 3.63) is 101 Å². The largest absolute Gasteiger partial charge is 0.348 e. The quantitative estimate of drug-likeness (QED) is 0.690. The maximum absolute atomic E-state index is 12.5. The number of nitrogens with zero attached hydrogens (tertiary/aromatic N) is 1. The van der Waals surface area contributed by atoms with Gasteiger partial charge in [-0.2, -0.15) is 0 Å². The van der Waals surface area contributed by atoms with E-state index >= 15 is 0 Å². The van der Waals surface area contributed by atoms with E-state index in [1.54, 1.807) is 6.07 Å². The van der Waals surface area contributed by atoms with Crippen LogP contribution in [0.2, 0.25) is 0 Å². The fourth-order valence-corrected chi connectivity index (χ4v) is 2.88. The Labute approximate surface area is 164 Å². The monoisotopic (exact) mass is 373 g/mol. The van der Waals surface area contributed by atoms with Gasteiger partial charge < -0.3 is 10.6 Å². The molecular formula is C23H23N3O2. The van der Waals surface area contributed by atoms with Crippen LogP contribution in [0.1, 0.15) is 50.4 Å². The molecule has 1 unspecified atom stereocenters. The number of aromatic nitrogens is 1. The predicted molar refractivity (Wildman–Crippen MR) is 109 cm³/mol. The Bertz CT molecular complexity index is 970. The molecule has 0 bridgehead atoms. The SMILES string of the molecule is Cc1ccccc1CNC(=O)c1cncc(C(=O)NC(C)c2ccccc2)c1. The van der Waals surface area contributed by atoms with E-state index in [0.29, 0.717) is 17.7 Å². The van der Waals surface area contributed by atoms with Gasteiger partial charge in [0, 0.05) is 18.9 Å². The first-order valence-electron chi connectivity index (χ1n) is 9.18. The predicted octanol–water partition coefficient (Wildman–Crippen LogP) is 3.81. The minimum absolute atomic E-state index is 0.146. The van der Waals surface area contributed by atoms with E-state index in [0.717, 1.165) is 16.7 Å². The molecule has 0 spiro atoms. The molecule has 142 valence electrons. The molecule has 2 N–H and O–H groups in total. The van der Waals surface area contributed by atoms with Gasteiger partial charge >= 0.3 is 0 Å². The first kappa shape index (κ1) is 19.3. The van der Waals surface area contributed by atoms with Crippen LogP contribution < -0.4 is 10.6 Å². The Morgan fingerprint density at radius 1 is 0.929 bits per heavy atom. The van der Waals surface area contributed by atoms with E-state index in [9.17, 15) is 9.59 Å². The Hall–Kier alpha value is -3.47. The molecule has 0 radical (unpaired) electrons. The van der Waals surface area contributed by atoms with Gasteiger partial charge in [-0.1, -0.05) is 54.6 Å². The second-order valence-corrected chi connectivity index (χ2v) is 6.68. The van der Waals surface area contributed by atoms with Crippen molar-refractivity contribution in [1.82, 2.24) is 15.6 Å². The molecule has 3 aromatic rings. The topological polar surface area (TPSA) is 71.1 Å². The standard InChI is InChI=1S/C23H23N3O2/c1-16-8-6-7-11-19(16)15-25-22(27)20-12-21(14-24-13-20)23(28)26-17(2)18-9-4-3-5-10-18/h3-14,17H,15H2,1-2H3,(H,25,27)(H,26,28). The maximum Gasteiger partial charge on any atom is 0.253 e. The summed E-state index contributed by atoms with van der Waals surface area (Å²) in [6.45, 7) is 4.34. The number of benzene rings is 2. The number of rotatable bonds is 6. The molecule has 1 aromatic heterocycles. The third-order valence-electron chi connectivity index (χ3n) is 4.61. The number of hydrogen-bond acceptors (Lipinski definition) is 3. The highest BCUT2D eigenvalue weighted by molar-refractivity contribution is 5.99. The van der Waals surface area contributed by atoms with Crippen LogP contribution in [-0.4, -0.2) is 16.8 Å². The smallest absolute Gasteiger partial charge is 0.253 e. The van der Waals surface area contributed by atoms with Crippen LogP contribution in [0.25, 0.3) is 0 Å². The maximum atomic E-state index is 12.5. The summed E-state index contributed by atoms with van der Waals surface area (Å²) in [5, 5.41) is 5.81. The number of carbonyl (C=O) groups is 2. The van der Waals surface area contributed by atoms with E-state index in [-0.39, 0.29) is 17.9 Å². The minimum Gasteiger partial charge on any atom is -0.348 e. The number of aryl methyl sites for hydroxylation is 1. The number of pyridine rings is 1. The summed E-state index contributed by atoms with van der Waals surface area (Å²) < 4.78 is 0. The zero-order valence-electron chi connectivity index (χ0n) is 16.0. The van der Waals surface area contributed by atoms with Crippen molar-refractivity contribution >= 4 is 11.8 Å². The highest BCUT2D eigenvalue weighted by Crippen LogP contribution is 2.13. The van der Waals surface area contributed by atoms with E-state index in [2.05, 4.69) is 15.6 Å². The number of nitrogens with one attached hydrogen (secondary N) is 2. The molecule has 3 rings (SSSR count). The van der Waals surface area contributed by atoms with Crippen LogP contribution >= 0.6 is 0 Å². The lowest BCUT2D eigenvalue weighted by atomic mass is 10.1. The third-order valence-corrected chi connectivity index (χ3v) is 4.61. The average Bonchev–Trinajstić information content (AvgIpc) is 2.73. The first-order valence-corrected chi connectivity index (χ1v) is 9.18. The van der Waals surface area contributed by atoms with Crippen molar-refractivity contribution < 1.29 is 9.59 Å². The number of amides is 2. The van der Waals surface area contributed by atoms with Gasteiger partial charge in [-0.3, -0.25) is 14.6 Å². The fraction of sp³-hybridized carbons (Fsp3) is 0.174. The molecule has 0 saturated carbocycles. The molecule has 28 heavy (non-hydrogen) atoms. The van der Waals surface area contributed by atoms with Crippen molar-refractivity contribution in [2.24, 2.45) is 0 Å². The van der Waals surface area contributed by atoms with Crippen LogP contribution in [-0.2, 0) is 6.54 Å². The molecule has 2 aromatic carbocycles. The van der Waals surface area contributed by atoms with Crippen LogP contribution in [0.4, 0.5) is 0 Å². The average molecular weight is 373 g/mol. The molecule has 5 nitrogen and oxygen atoms in total. The molecule has 2 amide bonds. The molecule has 0 fully saturated rings. The van der Waals surface area contributed by atoms with E-state index in [1.807, 2.05) is 68.4 Å². The van der Waals surface area contributed by atoms with Crippen molar-refractivity contribution in [2.45, 2.75) is 26.4 Å². The van der Waals surface area contributed by atoms with Gasteiger partial charge in [0.2, 0.25) is 0 Å². The molecule has 1 atom stereocenters. The van der Waals surface area contributed by atoms with Crippen LogP contribution in [0.15, 0.2) is 73.1 Å². The lowest BCUT2D eigenvalue weighted by Crippen LogP contribution is -2.28. The summed E-state index contributed by atoms with van der Waals surface area (Å²) in [6.07, 6.45) is 2.93. The fourth-order valence-electron chi connectivity index (χ4n) is 2.88. The Kier molecular flexibility index (Phi) is 6.17. The first-order chi connectivity index (χ1) is 13.5. The van der Waals surface area contributed by atoms with Gasteiger partial charge in [0.1, 0.15) is 0 Å². The van der Waals surface area contributed by atoms with Crippen molar-refractivity contribution in [2.75, 3.05) is 0 Å². The van der Waals surface area contributed by atoms with Crippen LogP contribution in [0.5, 0.6) is 0 Å². The Balaban J connectivity index is 1.65. The molecule has 0 aliphatic carbocycles. The highest BCUT2D eigenvalue weighted by Gasteiger charge is 2.14. The van der Waals surface area contributed by atoms with Crippen LogP contribution in [0.3, 0.4) is 0 Å². The summed E-state index contributed by atoms with van der Waals surface area (Å²) in [5.41, 5.74) is 3.88. The molecule has 0 saturated heterocycles. The highest BCUT2D eigenvalue weighted by atomic mass is 16.2. The second kappa shape index (κ2) is 8.95. The van der Waals surface area contributed by atoms with Crippen molar-refractivity contribution in [1.29, 1.82) is 0 Å². The normalized spacial score (nSPS) is 11.5. The van der Waals surface area contributed by atoms with Gasteiger partial charge in [-0.25, -0.2) is 0 Å². The zero-order chi connectivity index (χ0) is 19.9. The lowest BCUT2D eigenvalue weighted by Gasteiger charge is -2.14. The van der Waals surface area contributed by atoms with E-state index in [4.69, 9.17) is 0 Å². The molecule has 5 heteroatoms. The number of hydrogen-bond donors (Lipinski definition) is 2. The Morgan fingerprint density at radius 3 is 2.29 bits per heavy atom. The Morgan fingerprint density at radius 2 is 1.57 bits per heavy atom. The summed E-state index contributed by atoms with van der Waals surface area (Å²) >= 11 is 0. The van der Waals surface area contributed by atoms with Gasteiger partial charge in [-0.05, 0) is 36.6 Å². The summed E-state index contributed by atoms with van der Waals surface area (Å²) in [5.74, 6) is -0.529. The van der Waals surface area contributed by atoms with E-state index < -0.39 is 0 Å². The molecule has 0 aliphatic heterocycles. The van der Waals surface area contributed by atoms with E-state index in [1.165, 1.54) is 12.4 Å². The number of carbonyl (C=O) groups excluding carboxylic acids is 2. The lowest BCUT2D eigenvalue weighted by molar-refractivity contribution is 0.0939. The van der Waals surface area contributed by atoms with Crippen molar-refractivity contribution in [3.63, 3.8) is 0 Å². The summed E-state index contributed by atoms with van der Waals surface area (Å²) in [6, 6.07) is 19.0. The van der Waals surface area contributed by atoms with Gasteiger partial charge in [-0.15, -0.1) is 0 Å². The molecule has 0 aliphatic rings. The summed E-state index contributed by atoms with van der Waals surface area (Å²) in [7, 11) is 0. The second-order valence-electron chi connectivity index (χ2n) is 6.68. The molecule has 1 heterocycles. The van der Waals surface area contributed by atoms with Gasteiger partial charge in [0.05, 0.1) is 17.2 Å².